The van der Waals surface area contributed by atoms with Crippen molar-refractivity contribution in [2.24, 2.45) is 11.5 Å². The van der Waals surface area contributed by atoms with Crippen LogP contribution in [0, 0.1) is 0 Å². The Morgan fingerprint density at radius 2 is 1.11 bits per heavy atom. The number of aromatic nitrogens is 2. The molecule has 0 unspecified atom stereocenters. The van der Waals surface area contributed by atoms with E-state index in [0.717, 1.165) is 47.8 Å². The Balaban J connectivity index is 1.40. The van der Waals surface area contributed by atoms with Gasteiger partial charge in [0.05, 0.1) is 11.1 Å². The van der Waals surface area contributed by atoms with Gasteiger partial charge in [-0.3, -0.25) is 22.3 Å². The highest BCUT2D eigenvalue weighted by Crippen LogP contribution is 2.20. The van der Waals surface area contributed by atoms with Gasteiger partial charge in [-0.15, -0.1) is 0 Å². The molecule has 0 radical (unpaired) electrons. The number of rotatable bonds is 7. The Hall–Kier alpha value is -3.54. The van der Waals surface area contributed by atoms with E-state index in [-0.39, 0.29) is 0 Å². The predicted octanol–water partition coefficient (Wildman–Crippen LogP) is 0.00520. The maximum atomic E-state index is 5.69. The molecule has 0 spiro atoms. The molecular formula is C22H26N6+2. The topological polar surface area (TPSA) is 113 Å². The Kier molecular flexibility index (Phi) is 4.61. The van der Waals surface area contributed by atoms with E-state index in [0.29, 0.717) is 11.7 Å². The summed E-state index contributed by atoms with van der Waals surface area (Å²) in [6.07, 6.45) is 6.44. The molecule has 2 aromatic carbocycles. The number of hydrogen-bond acceptors (Lipinski definition) is 0. The van der Waals surface area contributed by atoms with E-state index in [4.69, 9.17) is 22.3 Å². The first-order valence-electron chi connectivity index (χ1n) is 9.47. The van der Waals surface area contributed by atoms with Crippen LogP contribution in [0.5, 0.6) is 0 Å². The quantitative estimate of drug-likeness (QED) is 0.207. The minimum atomic E-state index is 0.354. The average Bonchev–Trinajstić information content (AvgIpc) is 3.28. The zero-order valence-electron chi connectivity index (χ0n) is 15.8. The maximum absolute atomic E-state index is 5.69. The zero-order chi connectivity index (χ0) is 19.7. The largest absolute Gasteiger partial charge is 0.347 e. The molecule has 0 aliphatic heterocycles. The molecule has 0 bridgehead atoms. The van der Waals surface area contributed by atoms with Gasteiger partial charge in [0, 0.05) is 47.3 Å². The van der Waals surface area contributed by atoms with Crippen molar-refractivity contribution in [1.82, 2.24) is 9.13 Å². The molecule has 0 aliphatic rings. The maximum Gasteiger partial charge on any atom is 0.270 e. The minimum Gasteiger partial charge on any atom is -0.347 e. The molecule has 28 heavy (non-hydrogen) atoms. The third-order valence-electron chi connectivity index (χ3n) is 5.26. The van der Waals surface area contributed by atoms with Crippen LogP contribution in [0.1, 0.15) is 24.0 Å². The van der Waals surface area contributed by atoms with Gasteiger partial charge in [-0.05, 0) is 61.4 Å². The van der Waals surface area contributed by atoms with E-state index in [1.165, 1.54) is 11.0 Å². The van der Waals surface area contributed by atoms with Gasteiger partial charge in [-0.2, -0.15) is 0 Å². The van der Waals surface area contributed by atoms with Crippen molar-refractivity contribution in [2.45, 2.75) is 25.9 Å². The van der Waals surface area contributed by atoms with Crippen molar-refractivity contribution >= 4 is 33.5 Å². The molecule has 8 N–H and O–H groups in total. The number of hydrogen-bond donors (Lipinski definition) is 4. The standard InChI is InChI=1S/C22H24N6/c23-21(24)17-3-5-19-15(13-17)7-11-27(19)9-1-2-10-28-12-8-16-14-18(22(25)26)4-6-20(16)28/h3-8,11-14H,1-2,9-10H2,(H3,23,24)(H3,25,26)/p+2. The molecule has 142 valence electrons. The summed E-state index contributed by atoms with van der Waals surface area (Å²) in [6.45, 7) is 1.96. The van der Waals surface area contributed by atoms with Crippen LogP contribution < -0.4 is 22.3 Å². The lowest BCUT2D eigenvalue weighted by Crippen LogP contribution is -2.46. The summed E-state index contributed by atoms with van der Waals surface area (Å²) >= 11 is 0. The van der Waals surface area contributed by atoms with Crippen LogP contribution in [-0.2, 0) is 13.1 Å². The van der Waals surface area contributed by atoms with Crippen LogP contribution in [0.2, 0.25) is 0 Å². The SMILES string of the molecule is NC(=[NH2+])c1ccc2c(ccn2CCCCn2ccc3cc(C(N)=[NH2+])ccc32)c1. The molecule has 6 heteroatoms. The van der Waals surface area contributed by atoms with Gasteiger partial charge in [0.25, 0.3) is 11.7 Å². The summed E-state index contributed by atoms with van der Waals surface area (Å²) in [5.41, 5.74) is 15.6. The van der Waals surface area contributed by atoms with Gasteiger partial charge in [0.2, 0.25) is 0 Å². The molecular weight excluding hydrogens is 348 g/mol. The van der Waals surface area contributed by atoms with Gasteiger partial charge >= 0.3 is 0 Å². The molecule has 0 saturated heterocycles. The predicted molar refractivity (Wildman–Crippen MR) is 114 cm³/mol. The van der Waals surface area contributed by atoms with E-state index < -0.39 is 0 Å². The minimum absolute atomic E-state index is 0.354. The van der Waals surface area contributed by atoms with Gasteiger partial charge < -0.3 is 9.13 Å². The van der Waals surface area contributed by atoms with Crippen molar-refractivity contribution in [2.75, 3.05) is 0 Å². The summed E-state index contributed by atoms with van der Waals surface area (Å²) in [5.74, 6) is 0.709. The molecule has 2 aromatic heterocycles. The fraction of sp³-hybridized carbons (Fsp3) is 0.182. The summed E-state index contributed by atoms with van der Waals surface area (Å²) in [5, 5.41) is 13.7. The third kappa shape index (κ3) is 3.36. The second kappa shape index (κ2) is 7.23. The van der Waals surface area contributed by atoms with E-state index >= 15 is 0 Å². The van der Waals surface area contributed by atoms with Crippen LogP contribution in [0.4, 0.5) is 0 Å². The van der Waals surface area contributed by atoms with Crippen LogP contribution in [0.3, 0.4) is 0 Å². The second-order valence-corrected chi connectivity index (χ2v) is 7.18. The highest BCUT2D eigenvalue weighted by molar-refractivity contribution is 5.97. The van der Waals surface area contributed by atoms with Crippen LogP contribution in [0.25, 0.3) is 21.8 Å². The lowest BCUT2D eigenvalue weighted by atomic mass is 10.1. The number of benzene rings is 2. The molecule has 6 nitrogen and oxygen atoms in total. The Labute approximate surface area is 163 Å². The number of nitrogens with two attached hydrogens (primary N) is 4. The highest BCUT2D eigenvalue weighted by Gasteiger charge is 2.08. The van der Waals surface area contributed by atoms with Crippen molar-refractivity contribution in [3.63, 3.8) is 0 Å². The normalized spacial score (nSPS) is 11.3. The van der Waals surface area contributed by atoms with Crippen molar-refractivity contribution < 1.29 is 10.8 Å². The smallest absolute Gasteiger partial charge is 0.270 e. The van der Waals surface area contributed by atoms with Crippen LogP contribution in [-0.4, -0.2) is 20.8 Å². The third-order valence-corrected chi connectivity index (χ3v) is 5.26. The van der Waals surface area contributed by atoms with E-state index in [1.807, 2.05) is 24.3 Å². The van der Waals surface area contributed by atoms with E-state index in [9.17, 15) is 0 Å². The van der Waals surface area contributed by atoms with Gasteiger partial charge in [0.1, 0.15) is 0 Å². The monoisotopic (exact) mass is 374 g/mol. The summed E-state index contributed by atoms with van der Waals surface area (Å²) < 4.78 is 4.57. The number of aryl methyl sites for hydroxylation is 2. The average molecular weight is 374 g/mol. The number of amidine groups is 2. The van der Waals surface area contributed by atoms with Gasteiger partial charge in [-0.25, -0.2) is 0 Å². The van der Waals surface area contributed by atoms with Crippen molar-refractivity contribution in [3.05, 3.63) is 72.1 Å². The summed E-state index contributed by atoms with van der Waals surface area (Å²) in [7, 11) is 0. The fourth-order valence-corrected chi connectivity index (χ4v) is 3.71. The molecule has 0 saturated carbocycles. The van der Waals surface area contributed by atoms with Gasteiger partial charge in [-0.1, -0.05) is 0 Å². The summed E-state index contributed by atoms with van der Waals surface area (Å²) in [4.78, 5) is 0. The van der Waals surface area contributed by atoms with Crippen molar-refractivity contribution in [3.8, 4) is 0 Å². The number of nitrogens with zero attached hydrogens (tertiary/aromatic N) is 2. The Morgan fingerprint density at radius 1 is 0.679 bits per heavy atom. The molecule has 0 fully saturated rings. The van der Waals surface area contributed by atoms with E-state index in [2.05, 4.69) is 45.8 Å². The molecule has 0 aliphatic carbocycles. The summed E-state index contributed by atoms with van der Waals surface area (Å²) in [6, 6.07) is 16.4. The molecule has 4 aromatic rings. The Bertz CT molecular complexity index is 1090. The first-order valence-corrected chi connectivity index (χ1v) is 9.47. The number of unbranched alkanes of at least 4 members (excludes halogenated alkanes) is 1. The highest BCUT2D eigenvalue weighted by atomic mass is 15.0. The molecule has 0 amide bonds. The first kappa shape index (κ1) is 17.9. The van der Waals surface area contributed by atoms with Crippen LogP contribution >= 0.6 is 0 Å². The number of fused-ring (bicyclic) bond motifs is 2. The van der Waals surface area contributed by atoms with Crippen LogP contribution in [0.15, 0.2) is 60.9 Å². The Morgan fingerprint density at radius 3 is 1.50 bits per heavy atom. The van der Waals surface area contributed by atoms with E-state index in [1.54, 1.807) is 0 Å². The lowest BCUT2D eigenvalue weighted by Gasteiger charge is -2.08. The van der Waals surface area contributed by atoms with Gasteiger partial charge in [0.15, 0.2) is 0 Å². The molecule has 4 rings (SSSR count). The second-order valence-electron chi connectivity index (χ2n) is 7.18. The molecule has 2 heterocycles. The van der Waals surface area contributed by atoms with Crippen molar-refractivity contribution in [1.29, 1.82) is 0 Å². The first-order chi connectivity index (χ1) is 13.5. The molecule has 0 atom stereocenters. The lowest BCUT2D eigenvalue weighted by molar-refractivity contribution is -0.115. The fourth-order valence-electron chi connectivity index (χ4n) is 3.71. The zero-order valence-corrected chi connectivity index (χ0v) is 15.8.